The molecular weight excluding hydrogens is 394 g/mol. The number of aromatic nitrogens is 1. The Labute approximate surface area is 170 Å². The van der Waals surface area contributed by atoms with Crippen molar-refractivity contribution in [1.29, 1.82) is 0 Å². The van der Waals surface area contributed by atoms with Gasteiger partial charge in [0.15, 0.2) is 11.5 Å². The molecule has 4 rings (SSSR count). The minimum atomic E-state index is -0.616. The molecule has 0 fully saturated rings. The number of carbonyl (C=O) groups excluding carboxylic acids is 1. The summed E-state index contributed by atoms with van der Waals surface area (Å²) in [5, 5.41) is 14.0. The fourth-order valence-corrected chi connectivity index (χ4v) is 3.58. The molecule has 2 aromatic carbocycles. The van der Waals surface area contributed by atoms with E-state index in [9.17, 15) is 14.9 Å². The van der Waals surface area contributed by atoms with Crippen LogP contribution in [0.2, 0.25) is 0 Å². The van der Waals surface area contributed by atoms with Crippen molar-refractivity contribution < 1.29 is 19.2 Å². The van der Waals surface area contributed by atoms with E-state index in [2.05, 4.69) is 10.3 Å². The molecule has 29 heavy (non-hydrogen) atoms. The number of amides is 1. The average molecular weight is 409 g/mol. The molecule has 3 aromatic rings. The van der Waals surface area contributed by atoms with Crippen molar-refractivity contribution in [3.63, 3.8) is 0 Å². The SMILES string of the molecule is O=C(Nc1ccc(SCc2cccnc2)cc1)c1cc2c(cc1[N+](=O)[O-])OCO2. The summed E-state index contributed by atoms with van der Waals surface area (Å²) in [6, 6.07) is 13.7. The molecule has 0 aliphatic carbocycles. The average Bonchev–Trinajstić information content (AvgIpc) is 3.20. The van der Waals surface area contributed by atoms with Gasteiger partial charge in [0.25, 0.3) is 11.6 Å². The zero-order chi connectivity index (χ0) is 20.2. The normalized spacial score (nSPS) is 11.9. The molecule has 146 valence electrons. The quantitative estimate of drug-likeness (QED) is 0.368. The third kappa shape index (κ3) is 4.30. The van der Waals surface area contributed by atoms with Crippen LogP contribution >= 0.6 is 11.8 Å². The zero-order valence-corrected chi connectivity index (χ0v) is 15.8. The molecule has 1 aliphatic heterocycles. The standard InChI is InChI=1S/C20H15N3O5S/c24-20(16-8-18-19(28-12-27-18)9-17(16)23(25)26)22-14-3-5-15(6-4-14)29-11-13-2-1-7-21-10-13/h1-10H,11-12H2,(H,22,24). The maximum atomic E-state index is 12.6. The molecule has 0 saturated carbocycles. The summed E-state index contributed by atoms with van der Waals surface area (Å²) in [6.07, 6.45) is 3.55. The number of nitro benzene ring substituents is 1. The van der Waals surface area contributed by atoms with E-state index in [0.717, 1.165) is 16.2 Å². The Kier molecular flexibility index (Phi) is 5.30. The number of ether oxygens (including phenoxy) is 2. The van der Waals surface area contributed by atoms with Gasteiger partial charge in [0, 0.05) is 34.8 Å². The lowest BCUT2D eigenvalue weighted by Crippen LogP contribution is -2.14. The van der Waals surface area contributed by atoms with Gasteiger partial charge < -0.3 is 14.8 Å². The van der Waals surface area contributed by atoms with Crippen molar-refractivity contribution in [3.05, 3.63) is 82.2 Å². The zero-order valence-electron chi connectivity index (χ0n) is 15.0. The first kappa shape index (κ1) is 18.8. The summed E-state index contributed by atoms with van der Waals surface area (Å²) < 4.78 is 10.4. The lowest BCUT2D eigenvalue weighted by Gasteiger charge is -2.08. The van der Waals surface area contributed by atoms with Gasteiger partial charge in [0.05, 0.1) is 11.0 Å². The highest BCUT2D eigenvalue weighted by Gasteiger charge is 2.27. The van der Waals surface area contributed by atoms with Gasteiger partial charge in [-0.1, -0.05) is 6.07 Å². The summed E-state index contributed by atoms with van der Waals surface area (Å²) in [6.45, 7) is -0.0320. The Morgan fingerprint density at radius 2 is 1.93 bits per heavy atom. The van der Waals surface area contributed by atoms with Crippen LogP contribution in [-0.4, -0.2) is 22.6 Å². The Bertz CT molecular complexity index is 1060. The molecule has 1 N–H and O–H groups in total. The van der Waals surface area contributed by atoms with Crippen molar-refractivity contribution in [1.82, 2.24) is 4.98 Å². The highest BCUT2D eigenvalue weighted by atomic mass is 32.2. The number of anilines is 1. The van der Waals surface area contributed by atoms with Crippen molar-refractivity contribution in [2.45, 2.75) is 10.6 Å². The van der Waals surface area contributed by atoms with Crippen LogP contribution in [0.4, 0.5) is 11.4 Å². The fraction of sp³-hybridized carbons (Fsp3) is 0.100. The molecule has 1 amide bonds. The third-order valence-electron chi connectivity index (χ3n) is 4.17. The maximum Gasteiger partial charge on any atom is 0.286 e. The van der Waals surface area contributed by atoms with Crippen LogP contribution in [0.25, 0.3) is 0 Å². The second-order valence-corrected chi connectivity index (χ2v) is 7.16. The topological polar surface area (TPSA) is 104 Å². The maximum absolute atomic E-state index is 12.6. The first-order valence-electron chi connectivity index (χ1n) is 8.61. The summed E-state index contributed by atoms with van der Waals surface area (Å²) in [4.78, 5) is 28.4. The van der Waals surface area contributed by atoms with E-state index in [4.69, 9.17) is 9.47 Å². The number of benzene rings is 2. The predicted molar refractivity (Wildman–Crippen MR) is 107 cm³/mol. The van der Waals surface area contributed by atoms with Crippen LogP contribution in [-0.2, 0) is 5.75 Å². The number of hydrogen-bond acceptors (Lipinski definition) is 7. The molecule has 0 bridgehead atoms. The van der Waals surface area contributed by atoms with Crippen LogP contribution in [0.5, 0.6) is 11.5 Å². The molecule has 0 atom stereocenters. The molecule has 0 spiro atoms. The third-order valence-corrected chi connectivity index (χ3v) is 5.26. The molecule has 8 nitrogen and oxygen atoms in total. The Morgan fingerprint density at radius 1 is 1.17 bits per heavy atom. The minimum absolute atomic E-state index is 0.0320. The Morgan fingerprint density at radius 3 is 2.62 bits per heavy atom. The highest BCUT2D eigenvalue weighted by Crippen LogP contribution is 2.38. The number of pyridine rings is 1. The Hall–Kier alpha value is -3.59. The first-order chi connectivity index (χ1) is 14.1. The van der Waals surface area contributed by atoms with E-state index in [1.54, 1.807) is 30.1 Å². The second-order valence-electron chi connectivity index (χ2n) is 6.11. The summed E-state index contributed by atoms with van der Waals surface area (Å²) >= 11 is 1.64. The van der Waals surface area contributed by atoms with Gasteiger partial charge in [-0.15, -0.1) is 11.8 Å². The molecular formula is C20H15N3O5S. The summed E-state index contributed by atoms with van der Waals surface area (Å²) in [7, 11) is 0. The van der Waals surface area contributed by atoms with Gasteiger partial charge in [-0.05, 0) is 35.9 Å². The minimum Gasteiger partial charge on any atom is -0.454 e. The largest absolute Gasteiger partial charge is 0.454 e. The number of hydrogen-bond donors (Lipinski definition) is 1. The van der Waals surface area contributed by atoms with Gasteiger partial charge in [0.2, 0.25) is 6.79 Å². The van der Waals surface area contributed by atoms with E-state index >= 15 is 0 Å². The van der Waals surface area contributed by atoms with Crippen LogP contribution in [0.3, 0.4) is 0 Å². The first-order valence-corrected chi connectivity index (χ1v) is 9.60. The summed E-state index contributed by atoms with van der Waals surface area (Å²) in [5.41, 5.74) is 1.22. The molecule has 9 heteroatoms. The monoisotopic (exact) mass is 409 g/mol. The molecule has 1 aromatic heterocycles. The lowest BCUT2D eigenvalue weighted by molar-refractivity contribution is -0.385. The molecule has 2 heterocycles. The van der Waals surface area contributed by atoms with Crippen LogP contribution < -0.4 is 14.8 Å². The van der Waals surface area contributed by atoms with Crippen molar-refractivity contribution >= 4 is 29.0 Å². The van der Waals surface area contributed by atoms with Gasteiger partial charge in [-0.25, -0.2) is 0 Å². The number of fused-ring (bicyclic) bond motifs is 1. The number of nitro groups is 1. The van der Waals surface area contributed by atoms with Crippen molar-refractivity contribution in [3.8, 4) is 11.5 Å². The van der Waals surface area contributed by atoms with Crippen LogP contribution in [0.15, 0.2) is 65.8 Å². The van der Waals surface area contributed by atoms with E-state index < -0.39 is 10.8 Å². The van der Waals surface area contributed by atoms with Crippen molar-refractivity contribution in [2.75, 3.05) is 12.1 Å². The second kappa shape index (κ2) is 8.19. The van der Waals surface area contributed by atoms with E-state index in [1.165, 1.54) is 12.1 Å². The Balaban J connectivity index is 1.45. The molecule has 0 radical (unpaired) electrons. The predicted octanol–water partition coefficient (Wildman–Crippen LogP) is 4.26. The van der Waals surface area contributed by atoms with E-state index in [1.807, 2.05) is 30.5 Å². The van der Waals surface area contributed by atoms with Gasteiger partial charge in [-0.2, -0.15) is 0 Å². The van der Waals surface area contributed by atoms with Crippen molar-refractivity contribution in [2.24, 2.45) is 0 Å². The van der Waals surface area contributed by atoms with Gasteiger partial charge >= 0.3 is 0 Å². The molecule has 1 aliphatic rings. The number of thioether (sulfide) groups is 1. The van der Waals surface area contributed by atoms with Gasteiger partial charge in [0.1, 0.15) is 5.56 Å². The smallest absolute Gasteiger partial charge is 0.286 e. The van der Waals surface area contributed by atoms with Crippen LogP contribution in [0.1, 0.15) is 15.9 Å². The fourth-order valence-electron chi connectivity index (χ4n) is 2.75. The highest BCUT2D eigenvalue weighted by molar-refractivity contribution is 7.98. The lowest BCUT2D eigenvalue weighted by atomic mass is 10.1. The van der Waals surface area contributed by atoms with E-state index in [0.29, 0.717) is 11.4 Å². The number of carbonyl (C=O) groups is 1. The number of nitrogens with one attached hydrogen (secondary N) is 1. The van der Waals surface area contributed by atoms with E-state index in [-0.39, 0.29) is 23.8 Å². The van der Waals surface area contributed by atoms with Gasteiger partial charge in [-0.3, -0.25) is 19.9 Å². The molecule has 0 unspecified atom stereocenters. The number of rotatable bonds is 6. The summed E-state index contributed by atoms with van der Waals surface area (Å²) in [5.74, 6) is 0.750. The van der Waals surface area contributed by atoms with Crippen LogP contribution in [0, 0.1) is 10.1 Å². The molecule has 0 saturated heterocycles. The number of nitrogens with zero attached hydrogens (tertiary/aromatic N) is 2.